The predicted molar refractivity (Wildman–Crippen MR) is 173 cm³/mol. The molecule has 0 fully saturated rings. The van der Waals surface area contributed by atoms with Gasteiger partial charge in [0, 0.05) is 50.2 Å². The Bertz CT molecular complexity index is 1440. The molecule has 0 radical (unpaired) electrons. The van der Waals surface area contributed by atoms with Crippen LogP contribution in [0.15, 0.2) is 64.4 Å². The average Bonchev–Trinajstić information content (AvgIpc) is 3.55. The van der Waals surface area contributed by atoms with Crippen LogP contribution in [0, 0.1) is 5.92 Å². The molecular weight excluding hydrogens is 601 g/mol. The first-order valence-electron chi connectivity index (χ1n) is 15.0. The molecular formula is C32H44N4O6S2. The fraction of sp³-hybridized carbons (Fsp3) is 0.500. The number of fused-ring (bicyclic) bond motifs is 1. The number of aliphatic hydroxyl groups excluding tert-OH is 1. The highest BCUT2D eigenvalue weighted by molar-refractivity contribution is 7.94. The van der Waals surface area contributed by atoms with E-state index in [1.54, 1.807) is 47.8 Å². The molecule has 1 aromatic carbocycles. The van der Waals surface area contributed by atoms with E-state index >= 15 is 0 Å². The quantitative estimate of drug-likeness (QED) is 0.339. The maximum Gasteiger partial charge on any atom is 0.271 e. The fourth-order valence-corrected chi connectivity index (χ4v) is 7.28. The van der Waals surface area contributed by atoms with Gasteiger partial charge in [-0.05, 0) is 87.5 Å². The van der Waals surface area contributed by atoms with Gasteiger partial charge in [0.15, 0.2) is 0 Å². The number of anilines is 1. The Hall–Kier alpha value is -3.03. The highest BCUT2D eigenvalue weighted by atomic mass is 32.2. The zero-order chi connectivity index (χ0) is 31.7. The third kappa shape index (κ3) is 9.24. The zero-order valence-corrected chi connectivity index (χ0v) is 27.5. The minimum atomic E-state index is -3.82. The van der Waals surface area contributed by atoms with E-state index in [2.05, 4.69) is 28.6 Å². The lowest BCUT2D eigenvalue weighted by Gasteiger charge is -2.36. The molecule has 4 atom stereocenters. The van der Waals surface area contributed by atoms with Gasteiger partial charge in [0.05, 0.1) is 30.4 Å². The van der Waals surface area contributed by atoms with Gasteiger partial charge in [-0.1, -0.05) is 13.0 Å². The van der Waals surface area contributed by atoms with E-state index in [9.17, 15) is 18.3 Å². The van der Waals surface area contributed by atoms with Crippen LogP contribution in [0.1, 0.15) is 56.0 Å². The molecule has 3 aromatic rings. The monoisotopic (exact) mass is 644 g/mol. The van der Waals surface area contributed by atoms with Gasteiger partial charge in [-0.25, -0.2) is 8.42 Å². The van der Waals surface area contributed by atoms with Crippen LogP contribution in [0.25, 0.3) is 0 Å². The fourth-order valence-electron chi connectivity index (χ4n) is 5.24. The second-order valence-corrected chi connectivity index (χ2v) is 14.5. The van der Waals surface area contributed by atoms with Crippen LogP contribution in [-0.2, 0) is 21.3 Å². The summed E-state index contributed by atoms with van der Waals surface area (Å²) in [4.78, 5) is 22.2. The summed E-state index contributed by atoms with van der Waals surface area (Å²) in [5.41, 5.74) is 1.64. The Morgan fingerprint density at radius 2 is 1.95 bits per heavy atom. The number of nitrogens with zero attached hydrogens (tertiary/aromatic N) is 3. The van der Waals surface area contributed by atoms with Gasteiger partial charge in [-0.3, -0.25) is 19.4 Å². The molecule has 3 heterocycles. The molecule has 4 rings (SSSR count). The number of ether oxygens (including phenoxy) is 2. The summed E-state index contributed by atoms with van der Waals surface area (Å²) < 4.78 is 41.4. The molecule has 0 aliphatic carbocycles. The Kier molecular flexibility index (Phi) is 12.2. The Labute approximate surface area is 265 Å². The van der Waals surface area contributed by atoms with Crippen LogP contribution >= 0.6 is 11.3 Å². The topological polar surface area (TPSA) is 121 Å². The molecule has 12 heteroatoms. The maximum absolute atomic E-state index is 14.3. The van der Waals surface area contributed by atoms with E-state index in [-0.39, 0.29) is 46.1 Å². The summed E-state index contributed by atoms with van der Waals surface area (Å²) in [5, 5.41) is 11.9. The lowest BCUT2D eigenvalue weighted by atomic mass is 10.0. The van der Waals surface area contributed by atoms with Crippen molar-refractivity contribution in [3.63, 3.8) is 0 Å². The van der Waals surface area contributed by atoms with Gasteiger partial charge in [-0.15, -0.1) is 11.3 Å². The molecule has 0 unspecified atom stereocenters. The average molecular weight is 645 g/mol. The summed E-state index contributed by atoms with van der Waals surface area (Å²) in [6.07, 6.45) is 5.76. The number of carbonyl (C=O) groups excluding carboxylic acids is 1. The van der Waals surface area contributed by atoms with Crippen LogP contribution in [0.3, 0.4) is 0 Å². The Morgan fingerprint density at radius 1 is 1.18 bits per heavy atom. The van der Waals surface area contributed by atoms with Gasteiger partial charge in [0.1, 0.15) is 9.96 Å². The van der Waals surface area contributed by atoms with E-state index in [0.717, 1.165) is 42.7 Å². The molecule has 0 saturated heterocycles. The van der Waals surface area contributed by atoms with Gasteiger partial charge >= 0.3 is 0 Å². The van der Waals surface area contributed by atoms with E-state index in [4.69, 9.17) is 9.47 Å². The number of benzene rings is 1. The van der Waals surface area contributed by atoms with Crippen LogP contribution in [0.2, 0.25) is 0 Å². The first-order chi connectivity index (χ1) is 21.1. The van der Waals surface area contributed by atoms with E-state index in [1.807, 2.05) is 19.1 Å². The molecule has 2 N–H and O–H groups in total. The van der Waals surface area contributed by atoms with Crippen molar-refractivity contribution >= 4 is 33.0 Å². The third-order valence-corrected chi connectivity index (χ3v) is 10.5. The minimum absolute atomic E-state index is 0.0698. The highest BCUT2D eigenvalue weighted by Gasteiger charge is 2.30. The second kappa shape index (κ2) is 15.8. The number of hydrogen-bond acceptors (Lipinski definition) is 9. The molecule has 44 heavy (non-hydrogen) atoms. The molecule has 2 aromatic heterocycles. The molecule has 1 aliphatic heterocycles. The number of sulfonamides is 1. The number of aromatic nitrogens is 1. The van der Waals surface area contributed by atoms with Crippen LogP contribution in [-0.4, -0.2) is 85.8 Å². The SMILES string of the molecule is C[C@@H]1CN([C@H](C)CO)C(=O)c2cc(NS(=O)(=O)c3cccs3)ccc2O[C@@H](C)CCCCO[C@@H]1CN(C)Cc1ccncc1. The molecule has 1 amide bonds. The highest BCUT2D eigenvalue weighted by Crippen LogP contribution is 2.30. The van der Waals surface area contributed by atoms with Gasteiger partial charge in [0.25, 0.3) is 15.9 Å². The summed E-state index contributed by atoms with van der Waals surface area (Å²) in [6, 6.07) is 11.5. The molecule has 0 bridgehead atoms. The molecule has 10 nitrogen and oxygen atoms in total. The number of carbonyl (C=O) groups is 1. The normalized spacial score (nSPS) is 21.3. The molecule has 0 saturated carbocycles. The van der Waals surface area contributed by atoms with Crippen molar-refractivity contribution in [3.8, 4) is 5.75 Å². The third-order valence-electron chi connectivity index (χ3n) is 7.76. The lowest BCUT2D eigenvalue weighted by molar-refractivity contribution is -0.0177. The van der Waals surface area contributed by atoms with Crippen LogP contribution in [0.5, 0.6) is 5.75 Å². The van der Waals surface area contributed by atoms with E-state index in [1.165, 1.54) is 12.1 Å². The standard InChI is InChI=1S/C32H44N4O6S2/c1-23-19-36(24(2)22-37)32(38)28-18-27(34-44(39,40)31-9-7-17-43-31)10-11-29(28)42-25(3)8-5-6-16-41-30(23)21-35(4)20-26-12-14-33-15-13-26/h7,9-15,17-18,23-25,30,34,37H,5-6,8,16,19-22H2,1-4H3/t23-,24-,25+,30-/m1/s1. The van der Waals surface area contributed by atoms with Gasteiger partial charge in [-0.2, -0.15) is 0 Å². The zero-order valence-electron chi connectivity index (χ0n) is 25.9. The number of thiophene rings is 1. The van der Waals surface area contributed by atoms with Crippen molar-refractivity contribution in [3.05, 3.63) is 71.4 Å². The van der Waals surface area contributed by atoms with Gasteiger partial charge in [0.2, 0.25) is 0 Å². The van der Waals surface area contributed by atoms with Crippen molar-refractivity contribution in [2.75, 3.05) is 38.1 Å². The number of rotatable bonds is 9. The summed E-state index contributed by atoms with van der Waals surface area (Å²) >= 11 is 1.11. The van der Waals surface area contributed by atoms with E-state index < -0.39 is 16.1 Å². The van der Waals surface area contributed by atoms with Crippen molar-refractivity contribution < 1.29 is 27.8 Å². The molecule has 240 valence electrons. The number of nitrogens with one attached hydrogen (secondary N) is 1. The predicted octanol–water partition coefficient (Wildman–Crippen LogP) is 4.87. The molecule has 1 aliphatic rings. The van der Waals surface area contributed by atoms with Crippen molar-refractivity contribution in [2.45, 2.75) is 69.0 Å². The largest absolute Gasteiger partial charge is 0.490 e. The Balaban J connectivity index is 1.63. The number of hydrogen-bond donors (Lipinski definition) is 2. The first-order valence-corrected chi connectivity index (χ1v) is 17.4. The number of amides is 1. The van der Waals surface area contributed by atoms with E-state index in [0.29, 0.717) is 25.4 Å². The smallest absolute Gasteiger partial charge is 0.271 e. The van der Waals surface area contributed by atoms with Gasteiger partial charge < -0.3 is 19.5 Å². The lowest BCUT2D eigenvalue weighted by Crippen LogP contribution is -2.47. The summed E-state index contributed by atoms with van der Waals surface area (Å²) in [5.74, 6) is -0.0374. The number of likely N-dealkylation sites (N-methyl/N-ethyl adjacent to an activating group) is 1. The van der Waals surface area contributed by atoms with Crippen LogP contribution < -0.4 is 9.46 Å². The summed E-state index contributed by atoms with van der Waals surface area (Å²) in [7, 11) is -1.77. The van der Waals surface area contributed by atoms with Crippen molar-refractivity contribution in [2.24, 2.45) is 5.92 Å². The van der Waals surface area contributed by atoms with Crippen molar-refractivity contribution in [1.82, 2.24) is 14.8 Å². The molecule has 0 spiro atoms. The number of aliphatic hydroxyl groups is 1. The van der Waals surface area contributed by atoms with Crippen LogP contribution in [0.4, 0.5) is 5.69 Å². The Morgan fingerprint density at radius 3 is 2.66 bits per heavy atom. The first kappa shape index (κ1) is 33.9. The maximum atomic E-state index is 14.3. The summed E-state index contributed by atoms with van der Waals surface area (Å²) in [6.45, 7) is 7.90. The second-order valence-electron chi connectivity index (χ2n) is 11.6. The minimum Gasteiger partial charge on any atom is -0.490 e. The van der Waals surface area contributed by atoms with Crippen molar-refractivity contribution in [1.29, 1.82) is 0 Å². The number of pyridine rings is 1.